The number of anilines is 1. The Morgan fingerprint density at radius 2 is 2.00 bits per heavy atom. The van der Waals surface area contributed by atoms with E-state index in [0.29, 0.717) is 4.47 Å². The van der Waals surface area contributed by atoms with Crippen molar-refractivity contribution >= 4 is 27.4 Å². The summed E-state index contributed by atoms with van der Waals surface area (Å²) in [5.41, 5.74) is 2.18. The van der Waals surface area contributed by atoms with Crippen LogP contribution >= 0.6 is 15.9 Å². The number of nitrogens with one attached hydrogen (secondary N) is 1. The predicted molar refractivity (Wildman–Crippen MR) is 81.8 cm³/mol. The molecule has 1 aromatic heterocycles. The van der Waals surface area contributed by atoms with Crippen molar-refractivity contribution in [2.24, 2.45) is 0 Å². The van der Waals surface area contributed by atoms with Gasteiger partial charge in [-0.25, -0.2) is 4.98 Å². The largest absolute Gasteiger partial charge is 0.358 e. The maximum absolute atomic E-state index is 11.0. The van der Waals surface area contributed by atoms with Crippen LogP contribution in [0.4, 0.5) is 11.5 Å². The number of hydrogen-bond acceptors (Lipinski definition) is 4. The van der Waals surface area contributed by atoms with E-state index in [-0.39, 0.29) is 17.5 Å². The van der Waals surface area contributed by atoms with Gasteiger partial charge in [-0.1, -0.05) is 29.8 Å². The first kappa shape index (κ1) is 14.5. The van der Waals surface area contributed by atoms with Crippen LogP contribution in [0.5, 0.6) is 0 Å². The number of halogens is 1. The smallest absolute Gasteiger partial charge is 0.312 e. The monoisotopic (exact) mass is 335 g/mol. The summed E-state index contributed by atoms with van der Waals surface area (Å²) >= 11 is 3.19. The molecule has 0 saturated carbocycles. The lowest BCUT2D eigenvalue weighted by atomic mass is 10.1. The van der Waals surface area contributed by atoms with E-state index in [9.17, 15) is 10.1 Å². The molecule has 0 amide bonds. The summed E-state index contributed by atoms with van der Waals surface area (Å²) in [5.74, 6) is 0.270. The molecule has 2 rings (SSSR count). The van der Waals surface area contributed by atoms with Gasteiger partial charge in [0, 0.05) is 16.7 Å². The third-order valence-corrected chi connectivity index (χ3v) is 3.40. The summed E-state index contributed by atoms with van der Waals surface area (Å²) in [7, 11) is 0. The summed E-state index contributed by atoms with van der Waals surface area (Å²) in [5, 5.41) is 14.1. The van der Waals surface area contributed by atoms with E-state index in [4.69, 9.17) is 0 Å². The molecule has 1 N–H and O–H groups in total. The molecule has 20 heavy (non-hydrogen) atoms. The van der Waals surface area contributed by atoms with Crippen LogP contribution in [0.15, 0.2) is 41.0 Å². The number of pyridine rings is 1. The van der Waals surface area contributed by atoms with Gasteiger partial charge < -0.3 is 5.32 Å². The van der Waals surface area contributed by atoms with Crippen molar-refractivity contribution in [2.45, 2.75) is 19.9 Å². The van der Waals surface area contributed by atoms with Gasteiger partial charge in [0.25, 0.3) is 0 Å². The summed E-state index contributed by atoms with van der Waals surface area (Å²) in [6.07, 6.45) is 1.54. The SMILES string of the molecule is Cc1ccc(C(C)Nc2ncc(Br)cc2[N+](=O)[O-])cc1. The van der Waals surface area contributed by atoms with Crippen LogP contribution in [0.1, 0.15) is 24.1 Å². The second kappa shape index (κ2) is 6.00. The number of rotatable bonds is 4. The van der Waals surface area contributed by atoms with Crippen LogP contribution < -0.4 is 5.32 Å². The maximum atomic E-state index is 11.0. The van der Waals surface area contributed by atoms with Crippen molar-refractivity contribution in [1.82, 2.24) is 4.98 Å². The number of nitro groups is 1. The summed E-state index contributed by atoms with van der Waals surface area (Å²) in [6, 6.07) is 9.39. The van der Waals surface area contributed by atoms with Gasteiger partial charge in [0.2, 0.25) is 5.82 Å². The van der Waals surface area contributed by atoms with Crippen LogP contribution in [0, 0.1) is 17.0 Å². The molecule has 0 radical (unpaired) electrons. The van der Waals surface area contributed by atoms with Crippen molar-refractivity contribution in [3.63, 3.8) is 0 Å². The molecule has 1 heterocycles. The quantitative estimate of drug-likeness (QED) is 0.670. The predicted octanol–water partition coefficient (Wildman–Crippen LogP) is 4.23. The topological polar surface area (TPSA) is 68.1 Å². The van der Waals surface area contributed by atoms with E-state index in [1.807, 2.05) is 38.1 Å². The van der Waals surface area contributed by atoms with E-state index in [1.165, 1.54) is 17.8 Å². The highest BCUT2D eigenvalue weighted by Crippen LogP contribution is 2.28. The third kappa shape index (κ3) is 3.33. The minimum Gasteiger partial charge on any atom is -0.358 e. The van der Waals surface area contributed by atoms with Crippen molar-refractivity contribution in [2.75, 3.05) is 5.32 Å². The molecule has 0 aliphatic carbocycles. The fraction of sp³-hybridized carbons (Fsp3) is 0.214. The normalized spacial score (nSPS) is 11.9. The zero-order valence-electron chi connectivity index (χ0n) is 11.1. The fourth-order valence-electron chi connectivity index (χ4n) is 1.82. The lowest BCUT2D eigenvalue weighted by Gasteiger charge is -2.15. The molecule has 6 heteroatoms. The lowest BCUT2D eigenvalue weighted by Crippen LogP contribution is -2.09. The molecule has 0 fully saturated rings. The van der Waals surface area contributed by atoms with E-state index >= 15 is 0 Å². The van der Waals surface area contributed by atoms with Gasteiger partial charge in [-0.2, -0.15) is 0 Å². The molecule has 1 aromatic carbocycles. The van der Waals surface area contributed by atoms with Gasteiger partial charge in [-0.05, 0) is 35.3 Å². The third-order valence-electron chi connectivity index (χ3n) is 2.96. The average Bonchev–Trinajstić information content (AvgIpc) is 2.41. The molecular formula is C14H14BrN3O2. The number of benzene rings is 1. The molecule has 0 aliphatic rings. The van der Waals surface area contributed by atoms with Crippen LogP contribution in [-0.2, 0) is 0 Å². The molecule has 5 nitrogen and oxygen atoms in total. The zero-order valence-corrected chi connectivity index (χ0v) is 12.7. The minimum atomic E-state index is -0.443. The Bertz CT molecular complexity index is 629. The minimum absolute atomic E-state index is 0.0432. The lowest BCUT2D eigenvalue weighted by molar-refractivity contribution is -0.384. The highest BCUT2D eigenvalue weighted by Gasteiger charge is 2.18. The first-order chi connectivity index (χ1) is 9.47. The summed E-state index contributed by atoms with van der Waals surface area (Å²) in [4.78, 5) is 14.7. The second-order valence-electron chi connectivity index (χ2n) is 4.56. The van der Waals surface area contributed by atoms with Crippen molar-refractivity contribution in [1.29, 1.82) is 0 Å². The average molecular weight is 336 g/mol. The number of aryl methyl sites for hydroxylation is 1. The number of nitrogens with zero attached hydrogens (tertiary/aromatic N) is 2. The maximum Gasteiger partial charge on any atom is 0.312 e. The van der Waals surface area contributed by atoms with E-state index in [2.05, 4.69) is 26.2 Å². The van der Waals surface area contributed by atoms with Crippen LogP contribution in [0.3, 0.4) is 0 Å². The van der Waals surface area contributed by atoms with Crippen LogP contribution in [-0.4, -0.2) is 9.91 Å². The van der Waals surface area contributed by atoms with Gasteiger partial charge in [0.05, 0.1) is 11.0 Å². The molecular weight excluding hydrogens is 322 g/mol. The van der Waals surface area contributed by atoms with Gasteiger partial charge in [0.15, 0.2) is 0 Å². The van der Waals surface area contributed by atoms with Crippen molar-refractivity contribution < 1.29 is 4.92 Å². The second-order valence-corrected chi connectivity index (χ2v) is 5.47. The summed E-state index contributed by atoms with van der Waals surface area (Å²) < 4.78 is 0.581. The highest BCUT2D eigenvalue weighted by atomic mass is 79.9. The zero-order chi connectivity index (χ0) is 14.7. The first-order valence-corrected chi connectivity index (χ1v) is 6.89. The Morgan fingerprint density at radius 3 is 2.60 bits per heavy atom. The Hall–Kier alpha value is -1.95. The Balaban J connectivity index is 2.25. The molecule has 1 atom stereocenters. The molecule has 1 unspecified atom stereocenters. The standard InChI is InChI=1S/C14H14BrN3O2/c1-9-3-5-11(6-4-9)10(2)17-14-13(18(19)20)7-12(15)8-16-14/h3-8,10H,1-2H3,(H,16,17). The fourth-order valence-corrected chi connectivity index (χ4v) is 2.14. The first-order valence-electron chi connectivity index (χ1n) is 6.10. The highest BCUT2D eigenvalue weighted by molar-refractivity contribution is 9.10. The summed E-state index contributed by atoms with van der Waals surface area (Å²) in [6.45, 7) is 3.96. The number of aromatic nitrogens is 1. The van der Waals surface area contributed by atoms with E-state index in [1.54, 1.807) is 0 Å². The Labute approximate surface area is 125 Å². The van der Waals surface area contributed by atoms with Crippen LogP contribution in [0.2, 0.25) is 0 Å². The molecule has 0 aliphatic heterocycles. The van der Waals surface area contributed by atoms with Gasteiger partial charge in [0.1, 0.15) is 0 Å². The molecule has 0 spiro atoms. The molecule has 0 saturated heterocycles. The van der Waals surface area contributed by atoms with Crippen molar-refractivity contribution in [3.8, 4) is 0 Å². The molecule has 0 bridgehead atoms. The van der Waals surface area contributed by atoms with Gasteiger partial charge in [-0.3, -0.25) is 10.1 Å². The Morgan fingerprint density at radius 1 is 1.35 bits per heavy atom. The van der Waals surface area contributed by atoms with Gasteiger partial charge >= 0.3 is 5.69 Å². The van der Waals surface area contributed by atoms with E-state index < -0.39 is 4.92 Å². The molecule has 2 aromatic rings. The number of hydrogen-bond donors (Lipinski definition) is 1. The van der Waals surface area contributed by atoms with Crippen LogP contribution in [0.25, 0.3) is 0 Å². The Kier molecular flexibility index (Phi) is 4.34. The van der Waals surface area contributed by atoms with Gasteiger partial charge in [-0.15, -0.1) is 0 Å². The van der Waals surface area contributed by atoms with E-state index in [0.717, 1.165) is 5.56 Å². The molecule has 104 valence electrons. The van der Waals surface area contributed by atoms with Crippen molar-refractivity contribution in [3.05, 3.63) is 62.2 Å².